The molecule has 1 N–H and O–H groups in total. The van der Waals surface area contributed by atoms with Gasteiger partial charge in [-0.25, -0.2) is 0 Å². The molecule has 2 nitrogen and oxygen atoms in total. The van der Waals surface area contributed by atoms with Crippen LogP contribution in [0.3, 0.4) is 0 Å². The predicted octanol–water partition coefficient (Wildman–Crippen LogP) is 12.9. The number of anilines is 2. The summed E-state index contributed by atoms with van der Waals surface area (Å²) in [5.41, 5.74) is 19.7. The third-order valence-corrected chi connectivity index (χ3v) is 11.7. The van der Waals surface area contributed by atoms with E-state index in [1.165, 1.54) is 90.2 Å². The summed E-state index contributed by atoms with van der Waals surface area (Å²) < 4.78 is 0. The van der Waals surface area contributed by atoms with E-state index in [-0.39, 0.29) is 0 Å². The largest absolute Gasteiger partial charge is 0.385 e. The fraction of sp³-hybridized carbons (Fsp3) is 0.280. The van der Waals surface area contributed by atoms with E-state index in [0.717, 1.165) is 63.1 Å². The van der Waals surface area contributed by atoms with Crippen LogP contribution in [-0.4, -0.2) is 20.1 Å². The highest BCUT2D eigenvalue weighted by atomic mass is 35.5. The third-order valence-electron chi connectivity index (χ3n) is 11.2. The molecule has 270 valence electrons. The van der Waals surface area contributed by atoms with Gasteiger partial charge in [-0.05, 0) is 162 Å². The molecule has 0 amide bonds. The van der Waals surface area contributed by atoms with Crippen molar-refractivity contribution in [1.82, 2.24) is 0 Å². The van der Waals surface area contributed by atoms with Crippen molar-refractivity contribution in [3.8, 4) is 0 Å². The zero-order valence-corrected chi connectivity index (χ0v) is 32.7. The lowest BCUT2D eigenvalue weighted by Crippen LogP contribution is -2.18. The Hall–Kier alpha value is -4.79. The monoisotopic (exact) mass is 716 g/mol. The molecular formula is C50H53ClN2. The van der Waals surface area contributed by atoms with Gasteiger partial charge in [-0.1, -0.05) is 116 Å². The van der Waals surface area contributed by atoms with E-state index in [4.69, 9.17) is 11.6 Å². The van der Waals surface area contributed by atoms with Crippen molar-refractivity contribution in [3.05, 3.63) is 182 Å². The number of hydrogen-bond donors (Lipinski definition) is 1. The van der Waals surface area contributed by atoms with E-state index in [0.29, 0.717) is 0 Å². The van der Waals surface area contributed by atoms with Crippen LogP contribution in [0.15, 0.2) is 138 Å². The van der Waals surface area contributed by atoms with Crippen molar-refractivity contribution >= 4 is 39.7 Å². The Labute approximate surface area is 323 Å². The van der Waals surface area contributed by atoms with E-state index in [1.54, 1.807) is 0 Å². The van der Waals surface area contributed by atoms with Gasteiger partial charge in [0, 0.05) is 36.5 Å². The molecule has 0 unspecified atom stereocenters. The average molecular weight is 717 g/mol. The van der Waals surface area contributed by atoms with Crippen molar-refractivity contribution < 1.29 is 0 Å². The van der Waals surface area contributed by atoms with Crippen molar-refractivity contribution in [2.75, 3.05) is 30.4 Å². The van der Waals surface area contributed by atoms with Crippen LogP contribution >= 0.6 is 11.6 Å². The maximum atomic E-state index is 7.32. The normalized spacial score (nSPS) is 17.5. The minimum atomic E-state index is 0.886. The van der Waals surface area contributed by atoms with Crippen LogP contribution in [0.25, 0.3) is 16.7 Å². The molecule has 0 aromatic heterocycles. The average Bonchev–Trinajstić information content (AvgIpc) is 3.20. The minimum Gasteiger partial charge on any atom is -0.385 e. The van der Waals surface area contributed by atoms with Gasteiger partial charge >= 0.3 is 0 Å². The van der Waals surface area contributed by atoms with Crippen LogP contribution in [0.5, 0.6) is 0 Å². The molecule has 0 radical (unpaired) electrons. The van der Waals surface area contributed by atoms with Gasteiger partial charge in [0.1, 0.15) is 0 Å². The molecule has 53 heavy (non-hydrogen) atoms. The molecule has 4 aromatic carbocycles. The molecule has 0 saturated carbocycles. The summed E-state index contributed by atoms with van der Waals surface area (Å²) >= 11 is 7.32. The van der Waals surface area contributed by atoms with Crippen molar-refractivity contribution in [2.45, 2.75) is 72.1 Å². The Balaban J connectivity index is 1.25. The molecule has 3 heteroatoms. The van der Waals surface area contributed by atoms with Gasteiger partial charge in [0.15, 0.2) is 0 Å². The minimum absolute atomic E-state index is 0.886. The number of benzene rings is 4. The molecule has 7 rings (SSSR count). The van der Waals surface area contributed by atoms with Crippen LogP contribution < -0.4 is 10.2 Å². The van der Waals surface area contributed by atoms with Crippen molar-refractivity contribution in [2.24, 2.45) is 0 Å². The second-order valence-corrected chi connectivity index (χ2v) is 15.1. The summed E-state index contributed by atoms with van der Waals surface area (Å²) in [6.45, 7) is 8.77. The summed E-state index contributed by atoms with van der Waals surface area (Å²) in [5, 5.41) is 4.51. The summed E-state index contributed by atoms with van der Waals surface area (Å²) in [6.07, 6.45) is 22.2. The van der Waals surface area contributed by atoms with Gasteiger partial charge in [-0.2, -0.15) is 0 Å². The lowest BCUT2D eigenvalue weighted by Gasteiger charge is -2.26. The molecule has 1 aliphatic heterocycles. The molecule has 0 spiro atoms. The van der Waals surface area contributed by atoms with Gasteiger partial charge < -0.3 is 10.2 Å². The standard InChI is InChI=1S/C50H53ClN2/c1-5-37-32-47-42(30-44(38-17-11-8-12-18-38)31-45(47)34-49(37)53(4)6-2)27-26-41-20-13-19-40(50(41)51)25-24-39(23-22-36-15-9-7-10-16-36)46-33-43-21-14-28-52-48(43)29-35(46)3/h7-12,15-18,23-27,29-30,32-34,52H,5-6,13-14,19-22,28,31H2,1-4H3/b25-24+,39-23-,41-26+,42-27+. The molecule has 0 saturated heterocycles. The summed E-state index contributed by atoms with van der Waals surface area (Å²) in [5.74, 6) is 0. The van der Waals surface area contributed by atoms with Crippen molar-refractivity contribution in [3.63, 3.8) is 0 Å². The fourth-order valence-electron chi connectivity index (χ4n) is 8.03. The molecule has 0 bridgehead atoms. The van der Waals surface area contributed by atoms with Crippen molar-refractivity contribution in [1.29, 1.82) is 0 Å². The maximum Gasteiger partial charge on any atom is 0.0469 e. The Bertz CT molecular complexity index is 2140. The second kappa shape index (κ2) is 16.9. The third kappa shape index (κ3) is 8.40. The number of nitrogens with zero attached hydrogens (tertiary/aromatic N) is 1. The molecule has 4 aromatic rings. The molecule has 0 atom stereocenters. The fourth-order valence-corrected chi connectivity index (χ4v) is 8.35. The zero-order chi connectivity index (χ0) is 36.7. The first kappa shape index (κ1) is 36.6. The Morgan fingerprint density at radius 3 is 2.43 bits per heavy atom. The molecule has 0 fully saturated rings. The lowest BCUT2D eigenvalue weighted by molar-refractivity contribution is 0.792. The van der Waals surface area contributed by atoms with Crippen LogP contribution in [0.4, 0.5) is 11.4 Å². The van der Waals surface area contributed by atoms with E-state index in [1.807, 2.05) is 0 Å². The Kier molecular flexibility index (Phi) is 11.7. The van der Waals surface area contributed by atoms with Gasteiger partial charge in [-0.15, -0.1) is 0 Å². The van der Waals surface area contributed by atoms with Crippen LogP contribution in [-0.2, 0) is 25.7 Å². The number of fused-ring (bicyclic) bond motifs is 2. The molecular weight excluding hydrogens is 664 g/mol. The molecule has 2 aliphatic carbocycles. The topological polar surface area (TPSA) is 15.3 Å². The smallest absolute Gasteiger partial charge is 0.0469 e. The summed E-state index contributed by atoms with van der Waals surface area (Å²) in [4.78, 5) is 2.37. The van der Waals surface area contributed by atoms with E-state index in [9.17, 15) is 0 Å². The first-order valence-corrected chi connectivity index (χ1v) is 20.0. The molecule has 1 heterocycles. The van der Waals surface area contributed by atoms with Crippen LogP contribution in [0, 0.1) is 6.92 Å². The Morgan fingerprint density at radius 2 is 1.66 bits per heavy atom. The second-order valence-electron chi connectivity index (χ2n) is 14.8. The number of aryl methyl sites for hydroxylation is 3. The first-order chi connectivity index (χ1) is 25.9. The zero-order valence-electron chi connectivity index (χ0n) is 31.9. The number of rotatable bonds is 10. The number of nitrogens with one attached hydrogen (secondary N) is 1. The molecule has 3 aliphatic rings. The highest BCUT2D eigenvalue weighted by Crippen LogP contribution is 2.40. The number of halogens is 1. The first-order valence-electron chi connectivity index (χ1n) is 19.6. The quantitative estimate of drug-likeness (QED) is 0.164. The van der Waals surface area contributed by atoms with Gasteiger partial charge in [0.2, 0.25) is 0 Å². The maximum absolute atomic E-state index is 7.32. The van der Waals surface area contributed by atoms with Gasteiger partial charge in [0.05, 0.1) is 0 Å². The summed E-state index contributed by atoms with van der Waals surface area (Å²) in [6, 6.07) is 31.2. The SMILES string of the molecule is CCc1cc2c(cc1N(C)CC)CC(c1ccccc1)=C/C2=C\C=C1/CCCC(/C=C/C(=C/Cc2ccccc2)c2cc3c(cc2C)NCCC3)=C1Cl. The lowest BCUT2D eigenvalue weighted by atomic mass is 9.83. The van der Waals surface area contributed by atoms with Crippen LogP contribution in [0.2, 0.25) is 0 Å². The van der Waals surface area contributed by atoms with E-state index < -0.39 is 0 Å². The Morgan fingerprint density at radius 1 is 0.868 bits per heavy atom. The number of hydrogen-bond acceptors (Lipinski definition) is 2. The number of allylic oxidation sites excluding steroid dienone is 12. The highest BCUT2D eigenvalue weighted by molar-refractivity contribution is 6.32. The van der Waals surface area contributed by atoms with E-state index in [2.05, 4.69) is 159 Å². The van der Waals surface area contributed by atoms with Crippen LogP contribution in [0.1, 0.15) is 84.0 Å². The highest BCUT2D eigenvalue weighted by Gasteiger charge is 2.21. The summed E-state index contributed by atoms with van der Waals surface area (Å²) in [7, 11) is 2.20. The van der Waals surface area contributed by atoms with E-state index >= 15 is 0 Å². The van der Waals surface area contributed by atoms with Gasteiger partial charge in [0.25, 0.3) is 0 Å². The van der Waals surface area contributed by atoms with Gasteiger partial charge in [-0.3, -0.25) is 0 Å². The predicted molar refractivity (Wildman–Crippen MR) is 231 cm³/mol.